The molecule has 1 atom stereocenters. The molecule has 3 aliphatic rings. The summed E-state index contributed by atoms with van der Waals surface area (Å²) in [6.07, 6.45) is 3.53. The Morgan fingerprint density at radius 3 is 2.67 bits per heavy atom. The highest BCUT2D eigenvalue weighted by atomic mass is 16.2. The fourth-order valence-electron chi connectivity index (χ4n) is 4.76. The van der Waals surface area contributed by atoms with Gasteiger partial charge in [0.05, 0.1) is 5.52 Å². The van der Waals surface area contributed by atoms with Gasteiger partial charge in [-0.05, 0) is 53.8 Å². The normalized spacial score (nSPS) is 22.3. The maximum Gasteiger partial charge on any atom is 0.322 e. The lowest BCUT2D eigenvalue weighted by atomic mass is 9.96. The van der Waals surface area contributed by atoms with Crippen molar-refractivity contribution in [1.82, 2.24) is 15.6 Å². The zero-order valence-electron chi connectivity index (χ0n) is 16.5. The van der Waals surface area contributed by atoms with Crippen molar-refractivity contribution < 1.29 is 9.59 Å². The second-order valence-corrected chi connectivity index (χ2v) is 8.68. The van der Waals surface area contributed by atoms with Crippen LogP contribution in [0.4, 0.5) is 10.5 Å². The van der Waals surface area contributed by atoms with Gasteiger partial charge in [-0.3, -0.25) is 15.1 Å². The third kappa shape index (κ3) is 2.83. The summed E-state index contributed by atoms with van der Waals surface area (Å²) >= 11 is 0. The monoisotopic (exact) mass is 398 g/mol. The number of carbonyl (C=O) groups excluding carboxylic acids is 2. The summed E-state index contributed by atoms with van der Waals surface area (Å²) in [4.78, 5) is 28.7. The van der Waals surface area contributed by atoms with Crippen molar-refractivity contribution in [2.75, 3.05) is 5.32 Å². The number of imide groups is 1. The Morgan fingerprint density at radius 2 is 1.87 bits per heavy atom. The molecule has 150 valence electrons. The van der Waals surface area contributed by atoms with Gasteiger partial charge in [0.1, 0.15) is 5.54 Å². The van der Waals surface area contributed by atoms with E-state index in [0.29, 0.717) is 25.3 Å². The molecule has 6 rings (SSSR count). The summed E-state index contributed by atoms with van der Waals surface area (Å²) < 4.78 is 0. The van der Waals surface area contributed by atoms with Crippen LogP contribution in [-0.4, -0.2) is 22.5 Å². The summed E-state index contributed by atoms with van der Waals surface area (Å²) in [5.41, 5.74) is 5.92. The quantitative estimate of drug-likeness (QED) is 0.588. The van der Waals surface area contributed by atoms with Crippen LogP contribution in [0.3, 0.4) is 0 Å². The first-order valence-corrected chi connectivity index (χ1v) is 10.5. The molecule has 2 heterocycles. The maximum atomic E-state index is 12.3. The standard InChI is InChI=1S/C24H22N4O2/c29-22-24(28-23(30)27-22)11-15-7-8-18(9-16(15)12-24)25-13-17-10-21(14-5-6-14)26-20-4-2-1-3-19(17)20/h1-4,7-10,14,25H,5-6,11-13H2,(H2,27,28,29,30). The van der Waals surface area contributed by atoms with Crippen molar-refractivity contribution in [3.63, 3.8) is 0 Å². The Labute approximate surface area is 174 Å². The smallest absolute Gasteiger partial charge is 0.322 e. The van der Waals surface area contributed by atoms with Gasteiger partial charge in [0.2, 0.25) is 0 Å². The van der Waals surface area contributed by atoms with E-state index < -0.39 is 11.6 Å². The first kappa shape index (κ1) is 17.4. The molecule has 6 heteroatoms. The topological polar surface area (TPSA) is 83.1 Å². The molecule has 0 bridgehead atoms. The summed E-state index contributed by atoms with van der Waals surface area (Å²) in [5, 5.41) is 9.92. The summed E-state index contributed by atoms with van der Waals surface area (Å²) in [6, 6.07) is 16.4. The van der Waals surface area contributed by atoms with E-state index in [1.54, 1.807) is 0 Å². The number of benzene rings is 2. The van der Waals surface area contributed by atoms with E-state index >= 15 is 0 Å². The molecule has 0 radical (unpaired) electrons. The number of nitrogens with zero attached hydrogens (tertiary/aromatic N) is 1. The van der Waals surface area contributed by atoms with Gasteiger partial charge in [-0.25, -0.2) is 4.79 Å². The lowest BCUT2D eigenvalue weighted by molar-refractivity contribution is -0.123. The Morgan fingerprint density at radius 1 is 1.03 bits per heavy atom. The minimum Gasteiger partial charge on any atom is -0.381 e. The van der Waals surface area contributed by atoms with Crippen LogP contribution in [0.2, 0.25) is 0 Å². The lowest BCUT2D eigenvalue weighted by Crippen LogP contribution is -2.47. The van der Waals surface area contributed by atoms with Crippen LogP contribution in [0.25, 0.3) is 10.9 Å². The van der Waals surface area contributed by atoms with Crippen LogP contribution in [0.15, 0.2) is 48.5 Å². The molecular formula is C24H22N4O2. The number of aromatic nitrogens is 1. The van der Waals surface area contributed by atoms with E-state index in [1.165, 1.54) is 29.5 Å². The largest absolute Gasteiger partial charge is 0.381 e. The van der Waals surface area contributed by atoms with Crippen LogP contribution in [-0.2, 0) is 24.2 Å². The molecule has 30 heavy (non-hydrogen) atoms. The highest BCUT2D eigenvalue weighted by Gasteiger charge is 2.49. The summed E-state index contributed by atoms with van der Waals surface area (Å²) in [5.74, 6) is 0.381. The van der Waals surface area contributed by atoms with Crippen molar-refractivity contribution in [1.29, 1.82) is 0 Å². The number of amides is 3. The van der Waals surface area contributed by atoms with Crippen LogP contribution >= 0.6 is 0 Å². The number of para-hydroxylation sites is 1. The molecule has 3 amide bonds. The van der Waals surface area contributed by atoms with Gasteiger partial charge >= 0.3 is 6.03 Å². The number of nitrogens with one attached hydrogen (secondary N) is 3. The average molecular weight is 398 g/mol. The SMILES string of the molecule is O=C1NC(=O)C2(Cc3ccc(NCc4cc(C5CC5)nc5ccccc45)cc3C2)N1. The molecular weight excluding hydrogens is 376 g/mol. The maximum absolute atomic E-state index is 12.3. The highest BCUT2D eigenvalue weighted by Crippen LogP contribution is 2.40. The molecule has 2 aliphatic carbocycles. The third-order valence-corrected chi connectivity index (χ3v) is 6.51. The average Bonchev–Trinajstić information content (AvgIpc) is 3.47. The molecule has 3 N–H and O–H groups in total. The predicted octanol–water partition coefficient (Wildman–Crippen LogP) is 3.40. The molecule has 1 unspecified atom stereocenters. The molecule has 1 spiro atoms. The van der Waals surface area contributed by atoms with Crippen molar-refractivity contribution in [2.45, 2.75) is 43.7 Å². The van der Waals surface area contributed by atoms with Crippen LogP contribution in [0.1, 0.15) is 41.1 Å². The lowest BCUT2D eigenvalue weighted by Gasteiger charge is -2.18. The van der Waals surface area contributed by atoms with Crippen molar-refractivity contribution in [3.8, 4) is 0 Å². The van der Waals surface area contributed by atoms with Gasteiger partial charge < -0.3 is 10.6 Å². The number of anilines is 1. The van der Waals surface area contributed by atoms with Gasteiger partial charge in [-0.1, -0.05) is 24.3 Å². The molecule has 1 aliphatic heterocycles. The van der Waals surface area contributed by atoms with Crippen LogP contribution in [0, 0.1) is 0 Å². The molecule has 6 nitrogen and oxygen atoms in total. The second kappa shape index (κ2) is 6.29. The van der Waals surface area contributed by atoms with E-state index in [0.717, 1.165) is 22.3 Å². The number of hydrogen-bond acceptors (Lipinski definition) is 4. The molecule has 1 aromatic heterocycles. The Kier molecular flexibility index (Phi) is 3.66. The van der Waals surface area contributed by atoms with E-state index in [4.69, 9.17) is 4.98 Å². The molecule has 3 aromatic rings. The second-order valence-electron chi connectivity index (χ2n) is 8.68. The van der Waals surface area contributed by atoms with E-state index in [1.807, 2.05) is 6.07 Å². The van der Waals surface area contributed by atoms with E-state index in [9.17, 15) is 9.59 Å². The van der Waals surface area contributed by atoms with Gasteiger partial charge in [0.15, 0.2) is 0 Å². The Bertz CT molecular complexity index is 1220. The van der Waals surface area contributed by atoms with Gasteiger partial charge in [-0.15, -0.1) is 0 Å². The van der Waals surface area contributed by atoms with Gasteiger partial charge in [0.25, 0.3) is 5.91 Å². The number of pyridine rings is 1. The van der Waals surface area contributed by atoms with Gasteiger partial charge in [-0.2, -0.15) is 0 Å². The molecule has 1 saturated carbocycles. The number of carbonyl (C=O) groups is 2. The minimum atomic E-state index is -0.821. The third-order valence-electron chi connectivity index (χ3n) is 6.51. The zero-order valence-corrected chi connectivity index (χ0v) is 16.5. The van der Waals surface area contributed by atoms with Crippen molar-refractivity contribution in [3.05, 3.63) is 70.9 Å². The Hall–Kier alpha value is -3.41. The van der Waals surface area contributed by atoms with E-state index in [-0.39, 0.29) is 5.91 Å². The van der Waals surface area contributed by atoms with E-state index in [2.05, 4.69) is 58.4 Å². The number of fused-ring (bicyclic) bond motifs is 2. The molecule has 2 fully saturated rings. The number of urea groups is 1. The first-order valence-electron chi connectivity index (χ1n) is 10.5. The zero-order chi connectivity index (χ0) is 20.3. The summed E-state index contributed by atoms with van der Waals surface area (Å²) in [6.45, 7) is 0.712. The predicted molar refractivity (Wildman–Crippen MR) is 114 cm³/mol. The van der Waals surface area contributed by atoms with Crippen LogP contribution in [0.5, 0.6) is 0 Å². The van der Waals surface area contributed by atoms with Crippen molar-refractivity contribution in [2.24, 2.45) is 0 Å². The minimum absolute atomic E-state index is 0.228. The fraction of sp³-hybridized carbons (Fsp3) is 0.292. The van der Waals surface area contributed by atoms with Crippen LogP contribution < -0.4 is 16.0 Å². The number of hydrogen-bond donors (Lipinski definition) is 3. The first-order chi connectivity index (χ1) is 14.6. The fourth-order valence-corrected chi connectivity index (χ4v) is 4.76. The Balaban J connectivity index is 1.25. The number of rotatable bonds is 4. The molecule has 1 saturated heterocycles. The van der Waals surface area contributed by atoms with Gasteiger partial charge in [0, 0.05) is 42.1 Å². The highest BCUT2D eigenvalue weighted by molar-refractivity contribution is 6.07. The molecule has 2 aromatic carbocycles. The summed E-state index contributed by atoms with van der Waals surface area (Å²) in [7, 11) is 0. The van der Waals surface area contributed by atoms with Crippen molar-refractivity contribution >= 4 is 28.5 Å².